The van der Waals surface area contributed by atoms with Crippen LogP contribution in [0.3, 0.4) is 0 Å². The van der Waals surface area contributed by atoms with E-state index in [1.165, 1.54) is 44.9 Å². The van der Waals surface area contributed by atoms with Gasteiger partial charge in [0, 0.05) is 23.8 Å². The molecule has 5 nitrogen and oxygen atoms in total. The van der Waals surface area contributed by atoms with Gasteiger partial charge in [0.2, 0.25) is 0 Å². The smallest absolute Gasteiger partial charge is 0.255 e. The lowest BCUT2D eigenvalue weighted by molar-refractivity contribution is 0.0391. The number of nitrogens with zero attached hydrogens (tertiary/aromatic N) is 1. The van der Waals surface area contributed by atoms with Crippen molar-refractivity contribution in [2.45, 2.75) is 77.2 Å². The van der Waals surface area contributed by atoms with Crippen LogP contribution in [0.5, 0.6) is 5.75 Å². The number of anilines is 1. The van der Waals surface area contributed by atoms with Gasteiger partial charge >= 0.3 is 0 Å². The lowest BCUT2D eigenvalue weighted by Crippen LogP contribution is -2.49. The molecule has 1 heterocycles. The number of fused-ring (bicyclic) bond motifs is 1. The van der Waals surface area contributed by atoms with Crippen molar-refractivity contribution >= 4 is 29.1 Å². The summed E-state index contributed by atoms with van der Waals surface area (Å²) >= 11 is 6.53. The number of nitrogens with one attached hydrogen (secondary N) is 1. The predicted octanol–water partition coefficient (Wildman–Crippen LogP) is 7.35. The summed E-state index contributed by atoms with van der Waals surface area (Å²) in [6.45, 7) is 3.67. The minimum atomic E-state index is -0.226. The Balaban J connectivity index is 1.34. The third-order valence-electron chi connectivity index (χ3n) is 7.34. The van der Waals surface area contributed by atoms with Gasteiger partial charge in [-0.1, -0.05) is 50.6 Å². The Labute approximate surface area is 214 Å². The van der Waals surface area contributed by atoms with Crippen LogP contribution in [0.15, 0.2) is 42.5 Å². The molecule has 4 rings (SSSR count). The third-order valence-corrected chi connectivity index (χ3v) is 7.66. The van der Waals surface area contributed by atoms with E-state index < -0.39 is 0 Å². The highest BCUT2D eigenvalue weighted by molar-refractivity contribution is 6.34. The number of carbonyl (C=O) groups excluding carboxylic acids is 2. The van der Waals surface area contributed by atoms with Crippen LogP contribution >= 0.6 is 11.6 Å². The van der Waals surface area contributed by atoms with E-state index in [1.807, 2.05) is 17.0 Å². The van der Waals surface area contributed by atoms with Crippen molar-refractivity contribution < 1.29 is 14.3 Å². The number of carbonyl (C=O) groups is 2. The fourth-order valence-electron chi connectivity index (χ4n) is 5.42. The first-order valence-corrected chi connectivity index (χ1v) is 13.6. The molecule has 0 aromatic heterocycles. The molecule has 188 valence electrons. The van der Waals surface area contributed by atoms with E-state index in [4.69, 9.17) is 16.3 Å². The Morgan fingerprint density at radius 2 is 1.77 bits per heavy atom. The Morgan fingerprint density at radius 1 is 1.00 bits per heavy atom. The second-order valence-electron chi connectivity index (χ2n) is 9.83. The van der Waals surface area contributed by atoms with Crippen molar-refractivity contribution in [1.82, 2.24) is 4.90 Å². The highest BCUT2D eigenvalue weighted by atomic mass is 35.5. The molecule has 2 atom stereocenters. The number of hydrogen-bond donors (Lipinski definition) is 1. The van der Waals surface area contributed by atoms with Crippen molar-refractivity contribution in [2.75, 3.05) is 18.5 Å². The molecule has 2 aromatic rings. The van der Waals surface area contributed by atoms with Crippen LogP contribution in [0.1, 0.15) is 91.8 Å². The van der Waals surface area contributed by atoms with Crippen LogP contribution in [-0.2, 0) is 0 Å². The second kappa shape index (κ2) is 12.4. The summed E-state index contributed by atoms with van der Waals surface area (Å²) in [5.74, 6) is 1.17. The van der Waals surface area contributed by atoms with Crippen molar-refractivity contribution in [3.05, 3.63) is 58.6 Å². The van der Waals surface area contributed by atoms with E-state index in [1.54, 1.807) is 30.3 Å². The minimum absolute atomic E-state index is 0.00904. The zero-order valence-corrected chi connectivity index (χ0v) is 21.5. The van der Waals surface area contributed by atoms with Crippen molar-refractivity contribution in [1.29, 1.82) is 0 Å². The predicted molar refractivity (Wildman–Crippen MR) is 142 cm³/mol. The van der Waals surface area contributed by atoms with Crippen LogP contribution < -0.4 is 10.1 Å². The van der Waals surface area contributed by atoms with Crippen molar-refractivity contribution in [3.63, 3.8) is 0 Å². The molecule has 0 bridgehead atoms. The number of hydrogen-bond acceptors (Lipinski definition) is 3. The van der Waals surface area contributed by atoms with E-state index in [2.05, 4.69) is 12.2 Å². The fraction of sp³-hybridized carbons (Fsp3) is 0.517. The summed E-state index contributed by atoms with van der Waals surface area (Å²) in [7, 11) is 0. The largest absolute Gasteiger partial charge is 0.494 e. The van der Waals surface area contributed by atoms with E-state index in [-0.39, 0.29) is 11.8 Å². The quantitative estimate of drug-likeness (QED) is 0.369. The lowest BCUT2D eigenvalue weighted by atomic mass is 9.78. The van der Waals surface area contributed by atoms with Gasteiger partial charge in [-0.3, -0.25) is 9.59 Å². The SMILES string of the molecule is CCCCCCOc1ccc(C(=O)Nc2ccc(C(=O)N3CCC[C@H]4CCCC[C@H]43)c(Cl)c2)cc1. The Bertz CT molecular complexity index is 1010. The number of likely N-dealkylation sites (tertiary alicyclic amines) is 1. The van der Waals surface area contributed by atoms with Gasteiger partial charge < -0.3 is 15.0 Å². The van der Waals surface area contributed by atoms with Crippen molar-refractivity contribution in [2.24, 2.45) is 5.92 Å². The highest BCUT2D eigenvalue weighted by Gasteiger charge is 2.36. The molecular formula is C29H37ClN2O3. The molecule has 0 unspecified atom stereocenters. The van der Waals surface area contributed by atoms with Crippen molar-refractivity contribution in [3.8, 4) is 5.75 Å². The summed E-state index contributed by atoms with van der Waals surface area (Å²) in [5.41, 5.74) is 1.62. The lowest BCUT2D eigenvalue weighted by Gasteiger charge is -2.44. The van der Waals surface area contributed by atoms with Gasteiger partial charge in [0.1, 0.15) is 5.75 Å². The maximum Gasteiger partial charge on any atom is 0.255 e. The molecule has 1 saturated carbocycles. The summed E-state index contributed by atoms with van der Waals surface area (Å²) in [6, 6.07) is 12.7. The summed E-state index contributed by atoms with van der Waals surface area (Å²) in [4.78, 5) is 28.1. The molecule has 2 aliphatic rings. The summed E-state index contributed by atoms with van der Waals surface area (Å²) < 4.78 is 5.75. The molecule has 1 N–H and O–H groups in total. The Hall–Kier alpha value is -2.53. The topological polar surface area (TPSA) is 58.6 Å². The third kappa shape index (κ3) is 6.58. The van der Waals surface area contributed by atoms with Gasteiger partial charge in [-0.2, -0.15) is 0 Å². The van der Waals surface area contributed by atoms with E-state index >= 15 is 0 Å². The van der Waals surface area contributed by atoms with Gasteiger partial charge in [0.05, 0.1) is 17.2 Å². The van der Waals surface area contributed by atoms with Gasteiger partial charge in [0.15, 0.2) is 0 Å². The fourth-order valence-corrected chi connectivity index (χ4v) is 5.68. The number of rotatable bonds is 9. The maximum atomic E-state index is 13.3. The molecule has 2 fully saturated rings. The van der Waals surface area contributed by atoms with Gasteiger partial charge in [-0.25, -0.2) is 0 Å². The van der Waals surface area contributed by atoms with E-state index in [9.17, 15) is 9.59 Å². The first-order valence-electron chi connectivity index (χ1n) is 13.2. The van der Waals surface area contributed by atoms with Gasteiger partial charge in [-0.05, 0) is 80.5 Å². The van der Waals surface area contributed by atoms with E-state index in [0.717, 1.165) is 31.6 Å². The van der Waals surface area contributed by atoms with Crippen LogP contribution in [0, 0.1) is 5.92 Å². The Kier molecular flexibility index (Phi) is 9.08. The average molecular weight is 497 g/mol. The van der Waals surface area contributed by atoms with Crippen LogP contribution in [0.25, 0.3) is 0 Å². The molecule has 1 aliphatic carbocycles. The van der Waals surface area contributed by atoms with Crippen LogP contribution in [0.4, 0.5) is 5.69 Å². The van der Waals surface area contributed by atoms with E-state index in [0.29, 0.717) is 40.4 Å². The number of piperidine rings is 1. The standard InChI is InChI=1S/C29H37ClN2O3/c1-2-3-4-7-19-35-24-15-12-22(13-16-24)28(33)31-23-14-17-25(26(30)20-23)29(34)32-18-8-10-21-9-5-6-11-27(21)32/h12-17,20-21,27H,2-11,18-19H2,1H3,(H,31,33)/t21-,27-/m1/s1. The Morgan fingerprint density at radius 3 is 2.54 bits per heavy atom. The monoisotopic (exact) mass is 496 g/mol. The van der Waals surface area contributed by atoms with Crippen LogP contribution in [-0.4, -0.2) is 35.9 Å². The second-order valence-corrected chi connectivity index (χ2v) is 10.2. The summed E-state index contributed by atoms with van der Waals surface area (Å²) in [5, 5.41) is 3.26. The molecule has 1 saturated heterocycles. The number of benzene rings is 2. The first kappa shape index (κ1) is 25.6. The number of ether oxygens (including phenoxy) is 1. The zero-order valence-electron chi connectivity index (χ0n) is 20.7. The molecule has 2 amide bonds. The molecule has 0 spiro atoms. The number of unbranched alkanes of at least 4 members (excludes halogenated alkanes) is 3. The number of halogens is 1. The first-order chi connectivity index (χ1) is 17.1. The number of amides is 2. The van der Waals surface area contributed by atoms with Gasteiger partial charge in [-0.15, -0.1) is 0 Å². The minimum Gasteiger partial charge on any atom is -0.494 e. The summed E-state index contributed by atoms with van der Waals surface area (Å²) in [6.07, 6.45) is 11.7. The highest BCUT2D eigenvalue weighted by Crippen LogP contribution is 2.36. The molecule has 6 heteroatoms. The zero-order chi connectivity index (χ0) is 24.6. The molecule has 2 aromatic carbocycles. The molecular weight excluding hydrogens is 460 g/mol. The van der Waals surface area contributed by atoms with Gasteiger partial charge in [0.25, 0.3) is 11.8 Å². The molecule has 1 aliphatic heterocycles. The average Bonchev–Trinajstić information content (AvgIpc) is 2.88. The van der Waals surface area contributed by atoms with Crippen LogP contribution in [0.2, 0.25) is 5.02 Å². The normalized spacial score (nSPS) is 19.7. The molecule has 35 heavy (non-hydrogen) atoms. The molecule has 0 radical (unpaired) electrons. The maximum absolute atomic E-state index is 13.3.